The molecule has 2 fully saturated rings. The molecule has 6 N–H and O–H groups in total. The minimum absolute atomic E-state index is 0.0123. The average molecular weight is 475 g/mol. The lowest BCUT2D eigenvalue weighted by Gasteiger charge is -2.43. The summed E-state index contributed by atoms with van der Waals surface area (Å²) in [5.41, 5.74) is 16.5. The number of nitrogens with two attached hydrogens (primary N) is 2. The number of rotatable bonds is 0. The van der Waals surface area contributed by atoms with Gasteiger partial charge in [-0.2, -0.15) is 10.1 Å². The third-order valence-corrected chi connectivity index (χ3v) is 8.08. The van der Waals surface area contributed by atoms with Gasteiger partial charge in [-0.1, -0.05) is 23.3 Å². The number of hydrogen-bond donors (Lipinski definition) is 4. The van der Waals surface area contributed by atoms with Gasteiger partial charge < -0.3 is 21.9 Å². The van der Waals surface area contributed by atoms with Crippen molar-refractivity contribution < 1.29 is 10.4 Å². The highest BCUT2D eigenvalue weighted by Gasteiger charge is 2.36. The molecule has 5 rings (SSSR count). The van der Waals surface area contributed by atoms with Crippen LogP contribution in [0, 0.1) is 0 Å². The summed E-state index contributed by atoms with van der Waals surface area (Å²) in [6.45, 7) is 10.4. The largest absolute Gasteiger partial charge is 0.399 e. The molecule has 2 saturated heterocycles. The average Bonchev–Trinajstić information content (AvgIpc) is 2.78. The van der Waals surface area contributed by atoms with Gasteiger partial charge in [-0.05, 0) is 117 Å². The normalized spacial score (nSPS) is 27.6. The quantitative estimate of drug-likeness (QED) is 0.285. The molecule has 2 aliphatic rings. The Bertz CT molecular complexity index is 1430. The van der Waals surface area contributed by atoms with Gasteiger partial charge in [0.15, 0.2) is 0 Å². The molecule has 186 valence electrons. The summed E-state index contributed by atoms with van der Waals surface area (Å²) < 4.78 is 0. The van der Waals surface area contributed by atoms with Gasteiger partial charge in [0.05, 0.1) is 0 Å². The van der Waals surface area contributed by atoms with Crippen molar-refractivity contribution >= 4 is 44.1 Å². The van der Waals surface area contributed by atoms with Crippen LogP contribution in [-0.4, -0.2) is 44.2 Å². The lowest BCUT2D eigenvalue weighted by Crippen LogP contribution is -2.51. The molecule has 6 heteroatoms. The van der Waals surface area contributed by atoms with Crippen molar-refractivity contribution in [2.45, 2.75) is 84.0 Å². The fourth-order valence-electron chi connectivity index (χ4n) is 6.55. The highest BCUT2D eigenvalue weighted by Crippen LogP contribution is 2.35. The van der Waals surface area contributed by atoms with Crippen LogP contribution in [0.3, 0.4) is 0 Å². The number of nitrogen functional groups attached to an aromatic ring is 2. The van der Waals surface area contributed by atoms with Gasteiger partial charge in [0.25, 0.3) is 0 Å². The Kier molecular flexibility index (Phi) is 5.84. The highest BCUT2D eigenvalue weighted by molar-refractivity contribution is 6.04. The maximum atomic E-state index is 10.7. The lowest BCUT2D eigenvalue weighted by molar-refractivity contribution is -0.193. The number of nitrogens with zero attached hydrogens (tertiary/aromatic N) is 2. The molecule has 0 aromatic heterocycles. The molecular weight excluding hydrogens is 436 g/mol. The zero-order chi connectivity index (χ0) is 25.2. The minimum Gasteiger partial charge on any atom is -0.399 e. The second kappa shape index (κ2) is 8.49. The first-order valence-electron chi connectivity index (χ1n) is 12.7. The van der Waals surface area contributed by atoms with E-state index in [1.54, 1.807) is 0 Å². The maximum absolute atomic E-state index is 10.7. The molecule has 2 heterocycles. The Labute approximate surface area is 207 Å². The molecule has 0 saturated carbocycles. The Hall–Kier alpha value is -2.64. The van der Waals surface area contributed by atoms with Crippen molar-refractivity contribution in [2.24, 2.45) is 0 Å². The van der Waals surface area contributed by atoms with Crippen LogP contribution in [0.25, 0.3) is 32.7 Å². The Morgan fingerprint density at radius 2 is 1.17 bits per heavy atom. The summed E-state index contributed by atoms with van der Waals surface area (Å²) in [6.07, 6.45) is 3.14. The second-order valence-corrected chi connectivity index (χ2v) is 11.4. The van der Waals surface area contributed by atoms with E-state index >= 15 is 0 Å². The molecule has 35 heavy (non-hydrogen) atoms. The van der Waals surface area contributed by atoms with Gasteiger partial charge in [-0.3, -0.25) is 0 Å². The third-order valence-electron chi connectivity index (χ3n) is 8.08. The standard InChI is InChI=1S/C29H38N4O2/c1-16-10-19(11-17(2)32(16)34)27-23-8-6-22(31)14-26(23)28(24-9-7-21(30)13-25(24)27)20-12-18(3)33(35)29(4,5)15-20/h6-9,13-14,16-18,34-35H,10-12,15,30-31H2,1-5H3/b27-19?,28-20-. The van der Waals surface area contributed by atoms with Crippen LogP contribution in [0.2, 0.25) is 0 Å². The zero-order valence-corrected chi connectivity index (χ0v) is 21.5. The SMILES string of the molecule is CC1CC(=c2c3cc(N)ccc3/c(=C3\CC(C)N(O)C(C)(C)C3)c3cc(N)ccc23)CC(C)N1O. The number of hydroxylamine groups is 4. The van der Waals surface area contributed by atoms with Gasteiger partial charge in [0, 0.05) is 35.0 Å². The fourth-order valence-corrected chi connectivity index (χ4v) is 6.55. The predicted octanol–water partition coefficient (Wildman–Crippen LogP) is 4.37. The number of anilines is 2. The molecule has 2 aliphatic heterocycles. The molecule has 0 bridgehead atoms. The summed E-state index contributed by atoms with van der Waals surface area (Å²) in [6, 6.07) is 12.6. The van der Waals surface area contributed by atoms with E-state index in [0.717, 1.165) is 47.8 Å². The van der Waals surface area contributed by atoms with E-state index < -0.39 is 0 Å². The van der Waals surface area contributed by atoms with Crippen molar-refractivity contribution in [3.63, 3.8) is 0 Å². The van der Waals surface area contributed by atoms with Crippen molar-refractivity contribution in [3.8, 4) is 0 Å². The van der Waals surface area contributed by atoms with Gasteiger partial charge in [-0.25, -0.2) is 0 Å². The fraction of sp³-hybridized carbons (Fsp3) is 0.448. The van der Waals surface area contributed by atoms with Crippen LogP contribution in [0.1, 0.15) is 60.3 Å². The topological polar surface area (TPSA) is 99.0 Å². The number of piperidine rings is 2. The number of hydrogen-bond acceptors (Lipinski definition) is 6. The van der Waals surface area contributed by atoms with Crippen LogP contribution in [0.5, 0.6) is 0 Å². The first-order valence-corrected chi connectivity index (χ1v) is 12.7. The van der Waals surface area contributed by atoms with E-state index in [1.165, 1.54) is 42.5 Å². The molecule has 6 nitrogen and oxygen atoms in total. The second-order valence-electron chi connectivity index (χ2n) is 11.4. The highest BCUT2D eigenvalue weighted by atomic mass is 16.5. The number of benzene rings is 3. The Morgan fingerprint density at radius 3 is 1.66 bits per heavy atom. The predicted molar refractivity (Wildman–Crippen MR) is 145 cm³/mol. The molecular formula is C29H38N4O2. The summed E-state index contributed by atoms with van der Waals surface area (Å²) in [7, 11) is 0. The van der Waals surface area contributed by atoms with Crippen LogP contribution in [-0.2, 0) is 0 Å². The monoisotopic (exact) mass is 474 g/mol. The van der Waals surface area contributed by atoms with E-state index in [-0.39, 0.29) is 23.7 Å². The molecule has 0 radical (unpaired) electrons. The lowest BCUT2D eigenvalue weighted by atomic mass is 9.81. The van der Waals surface area contributed by atoms with E-state index in [0.29, 0.717) is 0 Å². The van der Waals surface area contributed by atoms with Gasteiger partial charge in [0.1, 0.15) is 0 Å². The van der Waals surface area contributed by atoms with Crippen LogP contribution in [0.15, 0.2) is 36.4 Å². The molecule has 3 aromatic rings. The van der Waals surface area contributed by atoms with Crippen molar-refractivity contribution in [1.82, 2.24) is 10.1 Å². The zero-order valence-electron chi connectivity index (χ0n) is 21.5. The number of fused-ring (bicyclic) bond motifs is 2. The summed E-state index contributed by atoms with van der Waals surface area (Å²) in [4.78, 5) is 0. The molecule has 3 atom stereocenters. The summed E-state index contributed by atoms with van der Waals surface area (Å²) in [5.74, 6) is 0. The van der Waals surface area contributed by atoms with Gasteiger partial charge >= 0.3 is 0 Å². The summed E-state index contributed by atoms with van der Waals surface area (Å²) >= 11 is 0. The Morgan fingerprint density at radius 1 is 0.714 bits per heavy atom. The van der Waals surface area contributed by atoms with Crippen LogP contribution in [0.4, 0.5) is 11.4 Å². The van der Waals surface area contributed by atoms with Crippen molar-refractivity contribution in [2.75, 3.05) is 11.5 Å². The third kappa shape index (κ3) is 3.99. The smallest absolute Gasteiger partial charge is 0.0444 e. The van der Waals surface area contributed by atoms with E-state index in [2.05, 4.69) is 58.9 Å². The van der Waals surface area contributed by atoms with Gasteiger partial charge in [0.2, 0.25) is 0 Å². The summed E-state index contributed by atoms with van der Waals surface area (Å²) in [5, 5.41) is 31.3. The first-order chi connectivity index (χ1) is 16.5. The van der Waals surface area contributed by atoms with E-state index in [9.17, 15) is 10.4 Å². The Balaban J connectivity index is 1.98. The molecule has 0 aliphatic carbocycles. The molecule has 0 amide bonds. The van der Waals surface area contributed by atoms with Crippen LogP contribution < -0.4 is 21.9 Å². The maximum Gasteiger partial charge on any atom is 0.0444 e. The molecule has 0 spiro atoms. The molecule has 3 aromatic carbocycles. The minimum atomic E-state index is -0.369. The van der Waals surface area contributed by atoms with E-state index in [4.69, 9.17) is 11.5 Å². The molecule has 3 unspecified atom stereocenters. The van der Waals surface area contributed by atoms with Gasteiger partial charge in [-0.15, -0.1) is 0 Å². The van der Waals surface area contributed by atoms with Crippen LogP contribution >= 0.6 is 0 Å². The van der Waals surface area contributed by atoms with E-state index in [1.807, 2.05) is 12.1 Å². The van der Waals surface area contributed by atoms with Crippen molar-refractivity contribution in [3.05, 3.63) is 46.8 Å². The first kappa shape index (κ1) is 24.1. The van der Waals surface area contributed by atoms with Crippen molar-refractivity contribution in [1.29, 1.82) is 0 Å².